The molecule has 1 aromatic carbocycles. The van der Waals surface area contributed by atoms with E-state index in [1.165, 1.54) is 6.07 Å². The van der Waals surface area contributed by atoms with Gasteiger partial charge in [-0.3, -0.25) is 9.78 Å². The predicted molar refractivity (Wildman–Crippen MR) is 83.0 cm³/mol. The van der Waals surface area contributed by atoms with Crippen LogP contribution in [0.25, 0.3) is 11.1 Å². The fourth-order valence-electron chi connectivity index (χ4n) is 2.82. The Balaban J connectivity index is 2.38. The van der Waals surface area contributed by atoms with Crippen molar-refractivity contribution >= 4 is 17.5 Å². The van der Waals surface area contributed by atoms with Crippen LogP contribution in [0.1, 0.15) is 27.3 Å². The van der Waals surface area contributed by atoms with Crippen molar-refractivity contribution in [3.05, 3.63) is 45.7 Å². The van der Waals surface area contributed by atoms with E-state index in [9.17, 15) is 15.0 Å². The number of phenolic OH excluding ortho intramolecular Hbond substituents is 1. The quantitative estimate of drug-likeness (QED) is 0.792. The summed E-state index contributed by atoms with van der Waals surface area (Å²) < 4.78 is 0. The van der Waals surface area contributed by atoms with Gasteiger partial charge >= 0.3 is 0 Å². The number of nitrogens with zero attached hydrogens (tertiary/aromatic N) is 1. The van der Waals surface area contributed by atoms with E-state index in [4.69, 9.17) is 11.6 Å². The van der Waals surface area contributed by atoms with Crippen LogP contribution < -0.4 is 5.32 Å². The first-order valence-corrected chi connectivity index (χ1v) is 7.31. The van der Waals surface area contributed by atoms with Gasteiger partial charge in [-0.15, -0.1) is 0 Å². The number of fused-ring (bicyclic) bond motifs is 1. The second-order valence-electron chi connectivity index (χ2n) is 5.20. The third-order valence-electron chi connectivity index (χ3n) is 3.84. The molecule has 3 N–H and O–H groups in total. The van der Waals surface area contributed by atoms with Gasteiger partial charge in [0.15, 0.2) is 0 Å². The molecular formula is C16H15ClN2O3. The van der Waals surface area contributed by atoms with Crippen LogP contribution in [-0.2, 0) is 13.0 Å². The van der Waals surface area contributed by atoms with Crippen molar-refractivity contribution in [2.75, 3.05) is 6.54 Å². The molecule has 2 heterocycles. The van der Waals surface area contributed by atoms with Gasteiger partial charge in [-0.25, -0.2) is 0 Å². The average molecular weight is 319 g/mol. The number of halogens is 1. The number of hydrogen-bond acceptors (Lipinski definition) is 4. The summed E-state index contributed by atoms with van der Waals surface area (Å²) in [4.78, 5) is 16.7. The molecule has 3 rings (SSSR count). The third-order valence-corrected chi connectivity index (χ3v) is 4.08. The van der Waals surface area contributed by atoms with Crippen molar-refractivity contribution < 1.29 is 15.0 Å². The number of hydrogen-bond donors (Lipinski definition) is 3. The monoisotopic (exact) mass is 318 g/mol. The summed E-state index contributed by atoms with van der Waals surface area (Å²) in [6.45, 7) is 2.05. The highest BCUT2D eigenvalue weighted by molar-refractivity contribution is 6.30. The minimum Gasteiger partial charge on any atom is -0.507 e. The summed E-state index contributed by atoms with van der Waals surface area (Å²) in [5.41, 5.74) is 3.28. The summed E-state index contributed by atoms with van der Waals surface area (Å²) in [5.74, 6) is -0.277. The zero-order chi connectivity index (χ0) is 15.9. The van der Waals surface area contributed by atoms with Gasteiger partial charge < -0.3 is 15.5 Å². The summed E-state index contributed by atoms with van der Waals surface area (Å²) in [6, 6.07) is 4.70. The Hall–Kier alpha value is -2.11. The number of pyridine rings is 1. The Morgan fingerprint density at radius 2 is 2.14 bits per heavy atom. The largest absolute Gasteiger partial charge is 0.507 e. The van der Waals surface area contributed by atoms with Gasteiger partial charge in [0.25, 0.3) is 5.91 Å². The van der Waals surface area contributed by atoms with E-state index >= 15 is 0 Å². The molecule has 0 saturated carbocycles. The molecule has 22 heavy (non-hydrogen) atoms. The number of carbonyl (C=O) groups excluding carboxylic acids is 1. The minimum absolute atomic E-state index is 0.0339. The minimum atomic E-state index is -0.267. The molecule has 0 saturated heterocycles. The van der Waals surface area contributed by atoms with Crippen LogP contribution in [0.4, 0.5) is 0 Å². The third kappa shape index (κ3) is 2.32. The molecule has 1 aromatic heterocycles. The Labute approximate surface area is 132 Å². The SMILES string of the molecule is Cc1nc2c(c(-c3ccc(Cl)cc3O)c1CO)C(=O)NCC2. The van der Waals surface area contributed by atoms with Gasteiger partial charge in [0.05, 0.1) is 17.9 Å². The predicted octanol–water partition coefficient (Wildman–Crippen LogP) is 2.19. The van der Waals surface area contributed by atoms with Gasteiger partial charge in [-0.05, 0) is 25.1 Å². The molecule has 0 spiro atoms. The molecule has 0 unspecified atom stereocenters. The van der Waals surface area contributed by atoms with Crippen molar-refractivity contribution in [1.82, 2.24) is 10.3 Å². The van der Waals surface area contributed by atoms with Crippen LogP contribution in [0.2, 0.25) is 5.02 Å². The van der Waals surface area contributed by atoms with Crippen LogP contribution >= 0.6 is 11.6 Å². The van der Waals surface area contributed by atoms with Crippen LogP contribution in [0.5, 0.6) is 5.75 Å². The molecule has 1 amide bonds. The van der Waals surface area contributed by atoms with E-state index < -0.39 is 0 Å². The van der Waals surface area contributed by atoms with Crippen LogP contribution in [0.3, 0.4) is 0 Å². The molecule has 0 bridgehead atoms. The van der Waals surface area contributed by atoms with Crippen molar-refractivity contribution in [3.8, 4) is 16.9 Å². The Morgan fingerprint density at radius 1 is 1.36 bits per heavy atom. The van der Waals surface area contributed by atoms with E-state index in [1.807, 2.05) is 0 Å². The van der Waals surface area contributed by atoms with Crippen LogP contribution in [0, 0.1) is 6.92 Å². The summed E-state index contributed by atoms with van der Waals surface area (Å²) in [6.07, 6.45) is 0.620. The Kier molecular flexibility index (Phi) is 3.76. The van der Waals surface area contributed by atoms with Crippen LogP contribution in [0.15, 0.2) is 18.2 Å². The standard InChI is InChI=1S/C16H15ClN2O3/c1-8-11(7-20)14(10-3-2-9(17)6-13(10)21)15-12(19-8)4-5-18-16(15)22/h2-3,6,20-21H,4-5,7H2,1H3,(H,18,22). The zero-order valence-electron chi connectivity index (χ0n) is 12.0. The maximum Gasteiger partial charge on any atom is 0.253 e. The number of amides is 1. The topological polar surface area (TPSA) is 82.5 Å². The first kappa shape index (κ1) is 14.8. The van der Waals surface area contributed by atoms with Gasteiger partial charge in [0.1, 0.15) is 5.75 Å². The van der Waals surface area contributed by atoms with Crippen LogP contribution in [-0.4, -0.2) is 27.6 Å². The van der Waals surface area contributed by atoms with Gasteiger partial charge in [-0.1, -0.05) is 11.6 Å². The number of nitrogens with one attached hydrogen (secondary N) is 1. The molecule has 0 radical (unpaired) electrons. The lowest BCUT2D eigenvalue weighted by molar-refractivity contribution is 0.0945. The molecule has 1 aliphatic rings. The summed E-state index contributed by atoms with van der Waals surface area (Å²) in [7, 11) is 0. The van der Waals surface area contributed by atoms with Gasteiger partial charge in [0, 0.05) is 40.4 Å². The first-order chi connectivity index (χ1) is 10.5. The Morgan fingerprint density at radius 3 is 2.82 bits per heavy atom. The van der Waals surface area contributed by atoms with E-state index in [1.54, 1.807) is 19.1 Å². The highest BCUT2D eigenvalue weighted by Crippen LogP contribution is 2.38. The van der Waals surface area contributed by atoms with E-state index in [0.717, 1.165) is 0 Å². The molecule has 2 aromatic rings. The second kappa shape index (κ2) is 5.59. The number of aromatic hydroxyl groups is 1. The van der Waals surface area contributed by atoms with E-state index in [0.29, 0.717) is 51.6 Å². The maximum absolute atomic E-state index is 12.3. The molecule has 1 aliphatic heterocycles. The fraction of sp³-hybridized carbons (Fsp3) is 0.250. The van der Waals surface area contributed by atoms with Crippen molar-refractivity contribution in [3.63, 3.8) is 0 Å². The number of aliphatic hydroxyl groups excluding tert-OH is 1. The van der Waals surface area contributed by atoms with Crippen molar-refractivity contribution in [1.29, 1.82) is 0 Å². The number of aliphatic hydroxyl groups is 1. The number of phenols is 1. The molecule has 5 nitrogen and oxygen atoms in total. The van der Waals surface area contributed by atoms with Crippen molar-refractivity contribution in [2.24, 2.45) is 0 Å². The second-order valence-corrected chi connectivity index (χ2v) is 5.63. The normalized spacial score (nSPS) is 13.7. The van der Waals surface area contributed by atoms with Crippen molar-refractivity contribution in [2.45, 2.75) is 20.0 Å². The number of aromatic nitrogens is 1. The highest BCUT2D eigenvalue weighted by atomic mass is 35.5. The van der Waals surface area contributed by atoms with E-state index in [2.05, 4.69) is 10.3 Å². The molecule has 0 aliphatic carbocycles. The molecule has 114 valence electrons. The molecule has 0 fully saturated rings. The first-order valence-electron chi connectivity index (χ1n) is 6.93. The smallest absolute Gasteiger partial charge is 0.253 e. The summed E-state index contributed by atoms with van der Waals surface area (Å²) >= 11 is 5.88. The average Bonchev–Trinajstić information content (AvgIpc) is 2.46. The maximum atomic E-state index is 12.3. The lowest BCUT2D eigenvalue weighted by Gasteiger charge is -2.23. The molecular weight excluding hydrogens is 304 g/mol. The number of aryl methyl sites for hydroxylation is 1. The highest BCUT2D eigenvalue weighted by Gasteiger charge is 2.27. The Bertz CT molecular complexity index is 774. The summed E-state index contributed by atoms with van der Waals surface area (Å²) in [5, 5.41) is 23.1. The van der Waals surface area contributed by atoms with Gasteiger partial charge in [0.2, 0.25) is 0 Å². The lowest BCUT2D eigenvalue weighted by atomic mass is 9.89. The molecule has 0 atom stereocenters. The number of rotatable bonds is 2. The number of benzene rings is 1. The molecule has 6 heteroatoms. The lowest BCUT2D eigenvalue weighted by Crippen LogP contribution is -2.33. The zero-order valence-corrected chi connectivity index (χ0v) is 12.7. The van der Waals surface area contributed by atoms with Gasteiger partial charge in [-0.2, -0.15) is 0 Å². The number of carbonyl (C=O) groups is 1. The van der Waals surface area contributed by atoms with E-state index in [-0.39, 0.29) is 18.3 Å². The fourth-order valence-corrected chi connectivity index (χ4v) is 2.98.